The topological polar surface area (TPSA) is 26.3 Å². The van der Waals surface area contributed by atoms with Crippen molar-refractivity contribution in [3.8, 4) is 0 Å². The molecule has 0 aliphatic heterocycles. The molecule has 1 aliphatic carbocycles. The quantitative estimate of drug-likeness (QED) is 0.787. The van der Waals surface area contributed by atoms with Crippen molar-refractivity contribution in [2.24, 2.45) is 0 Å². The zero-order chi connectivity index (χ0) is 12.1. The van der Waals surface area contributed by atoms with Gasteiger partial charge in [-0.1, -0.05) is 19.3 Å². The molecule has 1 aromatic carbocycles. The highest BCUT2D eigenvalue weighted by atomic mass is 32.2. The Morgan fingerprint density at radius 2 is 1.82 bits per heavy atom. The number of carbonyl (C=O) groups excluding carboxylic acids is 1. The Morgan fingerprint density at radius 1 is 1.18 bits per heavy atom. The molecule has 0 spiro atoms. The van der Waals surface area contributed by atoms with E-state index < -0.39 is 0 Å². The lowest BCUT2D eigenvalue weighted by molar-refractivity contribution is 0.0749. The fourth-order valence-electron chi connectivity index (χ4n) is 2.16. The van der Waals surface area contributed by atoms with Crippen LogP contribution in [-0.2, 0) is 4.43 Å². The van der Waals surface area contributed by atoms with Gasteiger partial charge in [0.05, 0.1) is 5.56 Å². The van der Waals surface area contributed by atoms with Crippen molar-refractivity contribution in [1.82, 2.24) is 0 Å². The first-order valence-corrected chi connectivity index (χ1v) is 7.84. The van der Waals surface area contributed by atoms with Crippen LogP contribution in [0.15, 0.2) is 29.2 Å². The Balaban J connectivity index is 1.95. The molecule has 1 saturated carbocycles. The number of benzene rings is 1. The third-order valence-corrected chi connectivity index (χ3v) is 4.85. The Kier molecular flexibility index (Phi) is 4.68. The van der Waals surface area contributed by atoms with Crippen molar-refractivity contribution >= 4 is 28.2 Å². The Hall–Kier alpha value is -0.743. The molecule has 4 heteroatoms. The average molecular weight is 266 g/mol. The molecule has 0 radical (unpaired) electrons. The van der Waals surface area contributed by atoms with E-state index in [1.165, 1.54) is 37.0 Å². The lowest BCUT2D eigenvalue weighted by atomic mass is 10.0. The second-order valence-electron chi connectivity index (χ2n) is 4.39. The summed E-state index contributed by atoms with van der Waals surface area (Å²) in [6.07, 6.45) is 6.78. The zero-order valence-corrected chi connectivity index (χ0v) is 13.0. The van der Waals surface area contributed by atoms with Gasteiger partial charge in [0.1, 0.15) is 0 Å². The maximum atomic E-state index is 11.3. The van der Waals surface area contributed by atoms with Crippen LogP contribution in [0.1, 0.15) is 42.5 Å². The number of carbonyl (C=O) groups is 1. The Labute approximate surface area is 110 Å². The highest BCUT2D eigenvalue weighted by Gasteiger charge is 2.14. The minimum atomic E-state index is -0.203. The summed E-state index contributed by atoms with van der Waals surface area (Å²) < 4.78 is 4.82. The fourth-order valence-corrected chi connectivity index (χ4v) is 3.65. The van der Waals surface area contributed by atoms with Gasteiger partial charge in [-0.15, -0.1) is 11.8 Å². The second-order valence-corrected chi connectivity index (χ2v) is 6.18. The average Bonchev–Trinajstić information content (AvgIpc) is 2.40. The van der Waals surface area contributed by atoms with Gasteiger partial charge in [-0.3, -0.25) is 0 Å². The number of hydrogen-bond acceptors (Lipinski definition) is 3. The van der Waals surface area contributed by atoms with Gasteiger partial charge in [-0.25, -0.2) is 4.79 Å². The van der Waals surface area contributed by atoms with Crippen LogP contribution in [0, 0.1) is 0 Å². The van der Waals surface area contributed by atoms with Crippen LogP contribution < -0.4 is 0 Å². The summed E-state index contributed by atoms with van der Waals surface area (Å²) in [5.74, 6) is -0.203. The van der Waals surface area contributed by atoms with Crippen molar-refractivity contribution < 1.29 is 9.22 Å². The first kappa shape index (κ1) is 12.7. The van der Waals surface area contributed by atoms with Gasteiger partial charge in [-0.05, 0) is 37.1 Å². The molecule has 0 heterocycles. The molecule has 1 aromatic rings. The predicted octanol–water partition coefficient (Wildman–Crippen LogP) is 2.55. The predicted molar refractivity (Wildman–Crippen MR) is 74.5 cm³/mol. The van der Waals surface area contributed by atoms with Crippen molar-refractivity contribution in [3.63, 3.8) is 0 Å². The van der Waals surface area contributed by atoms with E-state index in [0.717, 1.165) is 5.25 Å². The fraction of sp³-hybridized carbons (Fsp3) is 0.462. The lowest BCUT2D eigenvalue weighted by Gasteiger charge is -2.20. The molecule has 2 rings (SSSR count). The number of rotatable bonds is 3. The molecule has 0 aromatic heterocycles. The smallest absolute Gasteiger partial charge is 0.324 e. The van der Waals surface area contributed by atoms with Gasteiger partial charge in [-0.2, -0.15) is 0 Å². The molecule has 1 fully saturated rings. The van der Waals surface area contributed by atoms with Crippen LogP contribution >= 0.6 is 11.8 Å². The van der Waals surface area contributed by atoms with Crippen molar-refractivity contribution in [2.75, 3.05) is 0 Å². The first-order valence-electron chi connectivity index (χ1n) is 6.14. The maximum absolute atomic E-state index is 11.3. The summed E-state index contributed by atoms with van der Waals surface area (Å²) >= 11 is 1.95. The molecule has 0 unspecified atom stereocenters. The van der Waals surface area contributed by atoms with E-state index in [2.05, 4.69) is 0 Å². The van der Waals surface area contributed by atoms with Gasteiger partial charge < -0.3 is 4.43 Å². The van der Waals surface area contributed by atoms with E-state index in [0.29, 0.717) is 16.0 Å². The van der Waals surface area contributed by atoms with E-state index in [4.69, 9.17) is 4.43 Å². The third-order valence-electron chi connectivity index (χ3n) is 3.13. The highest BCUT2D eigenvalue weighted by molar-refractivity contribution is 8.00. The summed E-state index contributed by atoms with van der Waals surface area (Å²) in [6.45, 7) is 0. The molecule has 0 amide bonds. The molecule has 0 saturated heterocycles. The van der Waals surface area contributed by atoms with Crippen LogP contribution in [0.2, 0.25) is 0 Å². The summed E-state index contributed by atoms with van der Waals surface area (Å²) in [6, 6.07) is 7.80. The van der Waals surface area contributed by atoms with Crippen LogP contribution in [0.25, 0.3) is 0 Å². The van der Waals surface area contributed by atoms with E-state index in [1.54, 1.807) is 0 Å². The number of thioether (sulfide) groups is 1. The highest BCUT2D eigenvalue weighted by Crippen LogP contribution is 2.33. The first-order chi connectivity index (χ1) is 8.29. The Morgan fingerprint density at radius 3 is 2.41 bits per heavy atom. The monoisotopic (exact) mass is 266 g/mol. The minimum absolute atomic E-state index is 0.203. The molecule has 0 bridgehead atoms. The van der Waals surface area contributed by atoms with E-state index >= 15 is 0 Å². The third kappa shape index (κ3) is 3.61. The molecular weight excluding hydrogens is 248 g/mol. The maximum Gasteiger partial charge on any atom is 0.324 e. The molecule has 17 heavy (non-hydrogen) atoms. The van der Waals surface area contributed by atoms with E-state index in [1.807, 2.05) is 36.0 Å². The normalized spacial score (nSPS) is 16.9. The summed E-state index contributed by atoms with van der Waals surface area (Å²) in [7, 11) is 0.458. The van der Waals surface area contributed by atoms with Crippen molar-refractivity contribution in [1.29, 1.82) is 0 Å². The van der Waals surface area contributed by atoms with Crippen LogP contribution in [0.3, 0.4) is 0 Å². The van der Waals surface area contributed by atoms with Gasteiger partial charge in [0.2, 0.25) is 10.5 Å². The molecule has 1 aliphatic rings. The van der Waals surface area contributed by atoms with E-state index in [-0.39, 0.29) is 5.97 Å². The van der Waals surface area contributed by atoms with Crippen LogP contribution in [-0.4, -0.2) is 21.7 Å². The summed E-state index contributed by atoms with van der Waals surface area (Å²) in [5, 5.41) is 0.764. The van der Waals surface area contributed by atoms with Gasteiger partial charge in [0.25, 0.3) is 0 Å². The largest absolute Gasteiger partial charge is 0.525 e. The van der Waals surface area contributed by atoms with Gasteiger partial charge >= 0.3 is 5.97 Å². The van der Waals surface area contributed by atoms with E-state index in [9.17, 15) is 4.79 Å². The zero-order valence-electron chi connectivity index (χ0n) is 10.1. The lowest BCUT2D eigenvalue weighted by Crippen LogP contribution is -2.07. The standard InChI is InChI=1S/C13H18O2SSi/c14-13(15-17)10-6-8-12(9-7-10)16-11-4-2-1-3-5-11/h6-9,11H,1-5H2,17H3. The molecule has 92 valence electrons. The second kappa shape index (κ2) is 6.26. The van der Waals surface area contributed by atoms with Gasteiger partial charge in [0, 0.05) is 10.1 Å². The van der Waals surface area contributed by atoms with Crippen molar-refractivity contribution in [3.05, 3.63) is 29.8 Å². The molecule has 0 atom stereocenters. The number of hydrogen-bond donors (Lipinski definition) is 0. The SMILES string of the molecule is O=C(O[SiH3])c1ccc(SC2CCCCC2)cc1. The Bertz CT molecular complexity index is 372. The molecular formula is C13H18O2SSi. The van der Waals surface area contributed by atoms with Crippen LogP contribution in [0.5, 0.6) is 0 Å². The molecule has 0 N–H and O–H groups in total. The summed E-state index contributed by atoms with van der Waals surface area (Å²) in [5.41, 5.74) is 0.660. The minimum Gasteiger partial charge on any atom is -0.525 e. The summed E-state index contributed by atoms with van der Waals surface area (Å²) in [4.78, 5) is 12.6. The molecule has 2 nitrogen and oxygen atoms in total. The van der Waals surface area contributed by atoms with Crippen LogP contribution in [0.4, 0.5) is 0 Å². The van der Waals surface area contributed by atoms with Gasteiger partial charge in [0.15, 0.2) is 0 Å². The van der Waals surface area contributed by atoms with Crippen molar-refractivity contribution in [2.45, 2.75) is 42.2 Å².